The lowest BCUT2D eigenvalue weighted by atomic mass is 10.1. The van der Waals surface area contributed by atoms with Crippen LogP contribution in [0.4, 0.5) is 9.18 Å². The van der Waals surface area contributed by atoms with Gasteiger partial charge in [-0.15, -0.1) is 0 Å². The zero-order chi connectivity index (χ0) is 17.1. The molecule has 6 heteroatoms. The van der Waals surface area contributed by atoms with Crippen LogP contribution in [0.2, 0.25) is 0 Å². The minimum atomic E-state index is -0.335. The second kappa shape index (κ2) is 6.70. The lowest BCUT2D eigenvalue weighted by Crippen LogP contribution is -2.36. The van der Waals surface area contributed by atoms with Crippen LogP contribution in [0.25, 0.3) is 11.0 Å². The zero-order valence-corrected chi connectivity index (χ0v) is 13.5. The molecule has 0 radical (unpaired) electrons. The number of fused-ring (bicyclic) bond motifs is 1. The highest BCUT2D eigenvalue weighted by molar-refractivity contribution is 5.82. The number of furan rings is 1. The number of rotatable bonds is 4. The molecule has 3 rings (SSSR count). The van der Waals surface area contributed by atoms with Crippen molar-refractivity contribution in [3.05, 3.63) is 65.4 Å². The first-order chi connectivity index (χ1) is 11.5. The summed E-state index contributed by atoms with van der Waals surface area (Å²) in [4.78, 5) is 16.0. The third-order valence-corrected chi connectivity index (χ3v) is 3.88. The molecule has 0 spiro atoms. The van der Waals surface area contributed by atoms with E-state index in [1.165, 1.54) is 12.1 Å². The van der Waals surface area contributed by atoms with Crippen LogP contribution >= 0.6 is 0 Å². The van der Waals surface area contributed by atoms with Gasteiger partial charge in [0.25, 0.3) is 0 Å². The number of halogens is 1. The van der Waals surface area contributed by atoms with Crippen LogP contribution in [-0.4, -0.2) is 11.0 Å². The van der Waals surface area contributed by atoms with Crippen molar-refractivity contribution in [1.29, 1.82) is 0 Å². The number of urea groups is 1. The van der Waals surface area contributed by atoms with Crippen LogP contribution in [0.3, 0.4) is 0 Å². The fraction of sp³-hybridized carbons (Fsp3) is 0.222. The maximum Gasteiger partial charge on any atom is 0.315 e. The van der Waals surface area contributed by atoms with E-state index < -0.39 is 0 Å². The Morgan fingerprint density at radius 2 is 2.04 bits per heavy atom. The van der Waals surface area contributed by atoms with E-state index in [1.54, 1.807) is 18.5 Å². The van der Waals surface area contributed by atoms with Gasteiger partial charge in [-0.2, -0.15) is 0 Å². The molecule has 124 valence electrons. The smallest absolute Gasteiger partial charge is 0.315 e. The van der Waals surface area contributed by atoms with E-state index in [1.807, 2.05) is 26.0 Å². The Bertz CT molecular complexity index is 861. The predicted molar refractivity (Wildman–Crippen MR) is 88.9 cm³/mol. The fourth-order valence-electron chi connectivity index (χ4n) is 2.62. The van der Waals surface area contributed by atoms with Crippen molar-refractivity contribution in [1.82, 2.24) is 15.6 Å². The second-order valence-electron chi connectivity index (χ2n) is 5.64. The van der Waals surface area contributed by atoms with Crippen molar-refractivity contribution >= 4 is 17.0 Å². The van der Waals surface area contributed by atoms with Gasteiger partial charge in [0.2, 0.25) is 0 Å². The van der Waals surface area contributed by atoms with Crippen molar-refractivity contribution in [2.45, 2.75) is 26.4 Å². The number of hydrogen-bond acceptors (Lipinski definition) is 3. The number of nitrogens with one attached hydrogen (secondary N) is 2. The first-order valence-corrected chi connectivity index (χ1v) is 7.66. The van der Waals surface area contributed by atoms with Crippen molar-refractivity contribution in [2.75, 3.05) is 0 Å². The summed E-state index contributed by atoms with van der Waals surface area (Å²) in [7, 11) is 0. The van der Waals surface area contributed by atoms with Crippen LogP contribution in [0, 0.1) is 12.7 Å². The maximum absolute atomic E-state index is 13.4. The molecule has 1 atom stereocenters. The first kappa shape index (κ1) is 16.0. The van der Waals surface area contributed by atoms with E-state index in [-0.39, 0.29) is 17.9 Å². The maximum atomic E-state index is 13.4. The molecule has 2 aromatic heterocycles. The number of carbonyl (C=O) groups excluding carboxylic acids is 1. The van der Waals surface area contributed by atoms with Gasteiger partial charge < -0.3 is 15.1 Å². The number of nitrogens with zero attached hydrogens (tertiary/aromatic N) is 1. The molecular weight excluding hydrogens is 309 g/mol. The number of amides is 2. The van der Waals surface area contributed by atoms with Gasteiger partial charge in [-0.05, 0) is 49.7 Å². The quantitative estimate of drug-likeness (QED) is 0.765. The average Bonchev–Trinajstić information content (AvgIpc) is 2.90. The van der Waals surface area contributed by atoms with E-state index >= 15 is 0 Å². The zero-order valence-electron chi connectivity index (χ0n) is 13.5. The standard InChI is InChI=1S/C18H18FN3O2/c1-11-15-9-14(19)3-4-16(15)24-17(11)12(2)22-18(23)21-10-13-5-7-20-8-6-13/h3-9,12H,10H2,1-2H3,(H2,21,22,23)/t12-/m0/s1. The Morgan fingerprint density at radius 1 is 1.29 bits per heavy atom. The summed E-state index contributed by atoms with van der Waals surface area (Å²) in [6.45, 7) is 4.09. The normalized spacial score (nSPS) is 12.1. The van der Waals surface area contributed by atoms with Crippen LogP contribution in [0.15, 0.2) is 47.1 Å². The Balaban J connectivity index is 1.67. The molecule has 0 unspecified atom stereocenters. The summed E-state index contributed by atoms with van der Waals surface area (Å²) >= 11 is 0. The number of carbonyl (C=O) groups is 1. The number of aryl methyl sites for hydroxylation is 1. The van der Waals surface area contributed by atoms with Gasteiger partial charge >= 0.3 is 6.03 Å². The van der Waals surface area contributed by atoms with Crippen molar-refractivity contribution in [3.8, 4) is 0 Å². The van der Waals surface area contributed by atoms with Gasteiger partial charge in [0.15, 0.2) is 0 Å². The highest BCUT2D eigenvalue weighted by Crippen LogP contribution is 2.29. The molecule has 0 saturated heterocycles. The number of aromatic nitrogens is 1. The summed E-state index contributed by atoms with van der Waals surface area (Å²) in [6, 6.07) is 7.42. The van der Waals surface area contributed by atoms with Gasteiger partial charge in [-0.25, -0.2) is 9.18 Å². The van der Waals surface area contributed by atoms with E-state index in [0.717, 1.165) is 16.5 Å². The Hall–Kier alpha value is -2.89. The number of pyridine rings is 1. The van der Waals surface area contributed by atoms with E-state index in [0.29, 0.717) is 17.9 Å². The average molecular weight is 327 g/mol. The van der Waals surface area contributed by atoms with Gasteiger partial charge in [0.1, 0.15) is 17.2 Å². The van der Waals surface area contributed by atoms with Gasteiger partial charge in [0.05, 0.1) is 6.04 Å². The molecule has 0 aliphatic carbocycles. The van der Waals surface area contributed by atoms with E-state index in [9.17, 15) is 9.18 Å². The van der Waals surface area contributed by atoms with Gasteiger partial charge in [0, 0.05) is 29.9 Å². The molecule has 0 saturated carbocycles. The predicted octanol–water partition coefficient (Wildman–Crippen LogP) is 3.84. The number of hydrogen-bond donors (Lipinski definition) is 2. The lowest BCUT2D eigenvalue weighted by molar-refractivity contribution is 0.236. The van der Waals surface area contributed by atoms with E-state index in [4.69, 9.17) is 4.42 Å². The Labute approximate surface area is 138 Å². The highest BCUT2D eigenvalue weighted by Gasteiger charge is 2.18. The van der Waals surface area contributed by atoms with Crippen molar-refractivity contribution in [2.24, 2.45) is 0 Å². The molecule has 0 bridgehead atoms. The lowest BCUT2D eigenvalue weighted by Gasteiger charge is -2.13. The first-order valence-electron chi connectivity index (χ1n) is 7.66. The molecule has 2 heterocycles. The topological polar surface area (TPSA) is 67.2 Å². The van der Waals surface area contributed by atoms with Crippen LogP contribution in [0.5, 0.6) is 0 Å². The summed E-state index contributed by atoms with van der Waals surface area (Å²) < 4.78 is 19.1. The van der Waals surface area contributed by atoms with Crippen molar-refractivity contribution in [3.63, 3.8) is 0 Å². The summed E-state index contributed by atoms with van der Waals surface area (Å²) in [5.74, 6) is 0.309. The third-order valence-electron chi connectivity index (χ3n) is 3.88. The fourth-order valence-corrected chi connectivity index (χ4v) is 2.62. The molecule has 5 nitrogen and oxygen atoms in total. The largest absolute Gasteiger partial charge is 0.459 e. The van der Waals surface area contributed by atoms with Gasteiger partial charge in [-0.1, -0.05) is 0 Å². The molecule has 0 aliphatic heterocycles. The number of benzene rings is 1. The third kappa shape index (κ3) is 3.37. The van der Waals surface area contributed by atoms with Gasteiger partial charge in [-0.3, -0.25) is 4.98 Å². The van der Waals surface area contributed by atoms with Crippen LogP contribution in [-0.2, 0) is 6.54 Å². The molecule has 2 amide bonds. The Morgan fingerprint density at radius 3 is 2.79 bits per heavy atom. The van der Waals surface area contributed by atoms with Crippen LogP contribution < -0.4 is 10.6 Å². The van der Waals surface area contributed by atoms with Crippen LogP contribution in [0.1, 0.15) is 29.9 Å². The molecular formula is C18H18FN3O2. The summed E-state index contributed by atoms with van der Waals surface area (Å²) in [6.07, 6.45) is 3.35. The summed E-state index contributed by atoms with van der Waals surface area (Å²) in [5.41, 5.74) is 2.39. The second-order valence-corrected chi connectivity index (χ2v) is 5.64. The Kier molecular flexibility index (Phi) is 4.46. The molecule has 2 N–H and O–H groups in total. The molecule has 1 aromatic carbocycles. The monoisotopic (exact) mass is 327 g/mol. The minimum Gasteiger partial charge on any atom is -0.459 e. The van der Waals surface area contributed by atoms with Crippen molar-refractivity contribution < 1.29 is 13.6 Å². The minimum absolute atomic E-state index is 0.301. The molecule has 24 heavy (non-hydrogen) atoms. The SMILES string of the molecule is Cc1c([C@H](C)NC(=O)NCc2ccncc2)oc2ccc(F)cc12. The molecule has 3 aromatic rings. The molecule has 0 aliphatic rings. The highest BCUT2D eigenvalue weighted by atomic mass is 19.1. The van der Waals surface area contributed by atoms with E-state index in [2.05, 4.69) is 15.6 Å². The molecule has 0 fully saturated rings. The summed E-state index contributed by atoms with van der Waals surface area (Å²) in [5, 5.41) is 6.33.